The Balaban J connectivity index is 1.40. The molecular formula is C23H17N5O. The molecule has 0 fully saturated rings. The molecule has 140 valence electrons. The van der Waals surface area contributed by atoms with Crippen LogP contribution >= 0.6 is 0 Å². The normalized spacial score (nSPS) is 10.8. The molecule has 0 aliphatic rings. The third-order valence-corrected chi connectivity index (χ3v) is 4.46. The summed E-state index contributed by atoms with van der Waals surface area (Å²) in [4.78, 5) is 8.80. The quantitative estimate of drug-likeness (QED) is 0.446. The van der Waals surface area contributed by atoms with Gasteiger partial charge in [-0.2, -0.15) is 5.10 Å². The lowest BCUT2D eigenvalue weighted by molar-refractivity contribution is 0.483. The Morgan fingerprint density at radius 3 is 2.17 bits per heavy atom. The van der Waals surface area contributed by atoms with Crippen molar-refractivity contribution in [2.45, 2.75) is 0 Å². The SMILES string of the molecule is c1ccc(Oc2ccc(Nc3ncnc4c3cnn4-c3ccccc3)cc2)cc1. The van der Waals surface area contributed by atoms with Crippen molar-refractivity contribution < 1.29 is 4.74 Å². The molecule has 0 unspecified atom stereocenters. The lowest BCUT2D eigenvalue weighted by Crippen LogP contribution is -1.99. The van der Waals surface area contributed by atoms with Gasteiger partial charge in [0.2, 0.25) is 0 Å². The molecule has 3 aromatic carbocycles. The fourth-order valence-corrected chi connectivity index (χ4v) is 3.07. The average Bonchev–Trinajstić information content (AvgIpc) is 3.22. The summed E-state index contributed by atoms with van der Waals surface area (Å²) in [6.45, 7) is 0. The van der Waals surface area contributed by atoms with Gasteiger partial charge in [-0.05, 0) is 48.5 Å². The molecule has 1 N–H and O–H groups in total. The maximum Gasteiger partial charge on any atom is 0.168 e. The van der Waals surface area contributed by atoms with Crippen molar-refractivity contribution in [3.8, 4) is 17.2 Å². The zero-order valence-electron chi connectivity index (χ0n) is 15.4. The van der Waals surface area contributed by atoms with Crippen molar-refractivity contribution in [3.63, 3.8) is 0 Å². The van der Waals surface area contributed by atoms with Crippen molar-refractivity contribution in [2.75, 3.05) is 5.32 Å². The number of aromatic nitrogens is 4. The van der Waals surface area contributed by atoms with Crippen LogP contribution < -0.4 is 10.1 Å². The number of benzene rings is 3. The molecule has 5 aromatic rings. The Kier molecular flexibility index (Phi) is 4.35. The lowest BCUT2D eigenvalue weighted by atomic mass is 10.3. The van der Waals surface area contributed by atoms with Crippen molar-refractivity contribution in [1.82, 2.24) is 19.7 Å². The summed E-state index contributed by atoms with van der Waals surface area (Å²) in [5, 5.41) is 8.67. The van der Waals surface area contributed by atoms with E-state index in [4.69, 9.17) is 4.74 Å². The van der Waals surface area contributed by atoms with Crippen LogP contribution in [0.5, 0.6) is 11.5 Å². The number of hydrogen-bond donors (Lipinski definition) is 1. The molecule has 0 spiro atoms. The molecule has 6 heteroatoms. The number of anilines is 2. The molecule has 6 nitrogen and oxygen atoms in total. The summed E-state index contributed by atoms with van der Waals surface area (Å²) < 4.78 is 7.64. The Bertz CT molecular complexity index is 1240. The van der Waals surface area contributed by atoms with Crippen LogP contribution in [-0.4, -0.2) is 19.7 Å². The van der Waals surface area contributed by atoms with Gasteiger partial charge in [-0.25, -0.2) is 14.6 Å². The minimum atomic E-state index is 0.703. The number of nitrogens with one attached hydrogen (secondary N) is 1. The Hall–Kier alpha value is -4.19. The van der Waals surface area contributed by atoms with E-state index in [2.05, 4.69) is 20.4 Å². The summed E-state index contributed by atoms with van der Waals surface area (Å²) in [6.07, 6.45) is 3.32. The first-order valence-corrected chi connectivity index (χ1v) is 9.21. The van der Waals surface area contributed by atoms with E-state index in [0.29, 0.717) is 5.82 Å². The molecule has 5 rings (SSSR count). The smallest absolute Gasteiger partial charge is 0.168 e. The number of nitrogens with zero attached hydrogens (tertiary/aromatic N) is 4. The summed E-state index contributed by atoms with van der Waals surface area (Å²) in [6, 6.07) is 27.4. The van der Waals surface area contributed by atoms with E-state index < -0.39 is 0 Å². The molecular weight excluding hydrogens is 362 g/mol. The van der Waals surface area contributed by atoms with E-state index >= 15 is 0 Å². The fourth-order valence-electron chi connectivity index (χ4n) is 3.07. The first-order valence-electron chi connectivity index (χ1n) is 9.21. The van der Waals surface area contributed by atoms with Crippen LogP contribution in [-0.2, 0) is 0 Å². The summed E-state index contributed by atoms with van der Waals surface area (Å²) in [5.74, 6) is 2.28. The van der Waals surface area contributed by atoms with Crippen LogP contribution in [0.4, 0.5) is 11.5 Å². The maximum atomic E-state index is 5.84. The first-order chi connectivity index (χ1) is 14.4. The van der Waals surface area contributed by atoms with Crippen molar-refractivity contribution in [3.05, 3.63) is 97.5 Å². The van der Waals surface area contributed by atoms with Gasteiger partial charge in [0.1, 0.15) is 23.6 Å². The highest BCUT2D eigenvalue weighted by Gasteiger charge is 2.11. The minimum absolute atomic E-state index is 0.703. The Labute approximate surface area is 167 Å². The predicted molar refractivity (Wildman–Crippen MR) is 113 cm³/mol. The number of rotatable bonds is 5. The topological polar surface area (TPSA) is 64.9 Å². The van der Waals surface area contributed by atoms with E-state index in [9.17, 15) is 0 Å². The molecule has 0 amide bonds. The number of fused-ring (bicyclic) bond motifs is 1. The van der Waals surface area contributed by atoms with Crippen LogP contribution in [0, 0.1) is 0 Å². The van der Waals surface area contributed by atoms with E-state index in [-0.39, 0.29) is 0 Å². The molecule has 0 bridgehead atoms. The van der Waals surface area contributed by atoms with Gasteiger partial charge in [-0.1, -0.05) is 36.4 Å². The molecule has 0 saturated carbocycles. The molecule has 0 saturated heterocycles. The highest BCUT2D eigenvalue weighted by atomic mass is 16.5. The summed E-state index contributed by atoms with van der Waals surface area (Å²) in [5.41, 5.74) is 2.60. The second-order valence-electron chi connectivity index (χ2n) is 6.42. The number of para-hydroxylation sites is 2. The standard InChI is InChI=1S/C23H17N5O/c1-3-7-18(8-4-1)28-23-21(15-26-28)22(24-16-25-23)27-17-11-13-20(14-12-17)29-19-9-5-2-6-10-19/h1-16H,(H,24,25,27). The number of ether oxygens (including phenoxy) is 1. The van der Waals surface area contributed by atoms with Gasteiger partial charge in [0.25, 0.3) is 0 Å². The van der Waals surface area contributed by atoms with Gasteiger partial charge in [-0.15, -0.1) is 0 Å². The Morgan fingerprint density at radius 2 is 1.41 bits per heavy atom. The molecule has 0 atom stereocenters. The third-order valence-electron chi connectivity index (χ3n) is 4.46. The largest absolute Gasteiger partial charge is 0.457 e. The second-order valence-corrected chi connectivity index (χ2v) is 6.42. The van der Waals surface area contributed by atoms with Gasteiger partial charge in [0, 0.05) is 5.69 Å². The first kappa shape index (κ1) is 16.9. The molecule has 2 aromatic heterocycles. The van der Waals surface area contributed by atoms with Gasteiger partial charge in [-0.3, -0.25) is 0 Å². The van der Waals surface area contributed by atoms with Gasteiger partial charge < -0.3 is 10.1 Å². The highest BCUT2D eigenvalue weighted by Crippen LogP contribution is 2.27. The minimum Gasteiger partial charge on any atom is -0.457 e. The van der Waals surface area contributed by atoms with E-state index in [1.54, 1.807) is 17.2 Å². The second kappa shape index (κ2) is 7.44. The molecule has 0 aliphatic carbocycles. The third kappa shape index (κ3) is 3.51. The fraction of sp³-hybridized carbons (Fsp3) is 0. The van der Waals surface area contributed by atoms with Crippen molar-refractivity contribution in [1.29, 1.82) is 0 Å². The van der Waals surface area contributed by atoms with Crippen molar-refractivity contribution in [2.24, 2.45) is 0 Å². The van der Waals surface area contributed by atoms with Crippen LogP contribution in [0.15, 0.2) is 97.5 Å². The monoisotopic (exact) mass is 379 g/mol. The van der Waals surface area contributed by atoms with Crippen LogP contribution in [0.2, 0.25) is 0 Å². The van der Waals surface area contributed by atoms with Crippen LogP contribution in [0.3, 0.4) is 0 Å². The summed E-state index contributed by atoms with van der Waals surface area (Å²) in [7, 11) is 0. The predicted octanol–water partition coefficient (Wildman–Crippen LogP) is 5.35. The zero-order valence-corrected chi connectivity index (χ0v) is 15.4. The summed E-state index contributed by atoms with van der Waals surface area (Å²) >= 11 is 0. The van der Waals surface area contributed by atoms with Crippen molar-refractivity contribution >= 4 is 22.5 Å². The zero-order chi connectivity index (χ0) is 19.5. The van der Waals surface area contributed by atoms with Crippen LogP contribution in [0.1, 0.15) is 0 Å². The Morgan fingerprint density at radius 1 is 0.724 bits per heavy atom. The highest BCUT2D eigenvalue weighted by molar-refractivity contribution is 5.89. The molecule has 0 aliphatic heterocycles. The van der Waals surface area contributed by atoms with Gasteiger partial charge in [0.15, 0.2) is 5.65 Å². The average molecular weight is 379 g/mol. The lowest BCUT2D eigenvalue weighted by Gasteiger charge is -2.09. The number of hydrogen-bond acceptors (Lipinski definition) is 5. The van der Waals surface area contributed by atoms with Gasteiger partial charge in [0.05, 0.1) is 17.3 Å². The van der Waals surface area contributed by atoms with Crippen LogP contribution in [0.25, 0.3) is 16.7 Å². The van der Waals surface area contributed by atoms with E-state index in [1.165, 1.54) is 0 Å². The van der Waals surface area contributed by atoms with E-state index in [0.717, 1.165) is 33.9 Å². The maximum absolute atomic E-state index is 5.84. The van der Waals surface area contributed by atoms with Gasteiger partial charge >= 0.3 is 0 Å². The van der Waals surface area contributed by atoms with E-state index in [1.807, 2.05) is 84.9 Å². The molecule has 29 heavy (non-hydrogen) atoms. The molecule has 2 heterocycles. The molecule has 0 radical (unpaired) electrons.